The van der Waals surface area contributed by atoms with E-state index in [1.807, 2.05) is 20.8 Å². The molecule has 0 radical (unpaired) electrons. The minimum Gasteiger partial charge on any atom is -0.444 e. The first-order chi connectivity index (χ1) is 7.29. The Morgan fingerprint density at radius 3 is 2.19 bits per heavy atom. The lowest BCUT2D eigenvalue weighted by molar-refractivity contribution is 0.0162. The zero-order valence-electron chi connectivity index (χ0n) is 10.6. The number of carbonyl (C=O) groups is 1. The van der Waals surface area contributed by atoms with Gasteiger partial charge in [-0.05, 0) is 46.5 Å². The van der Waals surface area contributed by atoms with Gasteiger partial charge < -0.3 is 9.64 Å². The molecular formula is C12H22FNO2. The van der Waals surface area contributed by atoms with Crippen molar-refractivity contribution < 1.29 is 13.9 Å². The van der Waals surface area contributed by atoms with Crippen molar-refractivity contribution in [3.05, 3.63) is 0 Å². The molecule has 1 saturated carbocycles. The number of amides is 1. The molecule has 1 fully saturated rings. The van der Waals surface area contributed by atoms with Gasteiger partial charge in [-0.3, -0.25) is 0 Å². The van der Waals surface area contributed by atoms with Crippen LogP contribution in [0.4, 0.5) is 9.18 Å². The summed E-state index contributed by atoms with van der Waals surface area (Å²) >= 11 is 0. The maximum atomic E-state index is 13.0. The van der Waals surface area contributed by atoms with Crippen molar-refractivity contribution >= 4 is 6.09 Å². The highest BCUT2D eigenvalue weighted by Crippen LogP contribution is 2.25. The van der Waals surface area contributed by atoms with E-state index in [0.717, 1.165) is 12.8 Å². The lowest BCUT2D eigenvalue weighted by Gasteiger charge is -2.33. The van der Waals surface area contributed by atoms with Crippen LogP contribution < -0.4 is 0 Å². The molecule has 1 amide bonds. The van der Waals surface area contributed by atoms with Crippen molar-refractivity contribution in [1.82, 2.24) is 4.90 Å². The predicted molar refractivity (Wildman–Crippen MR) is 61.1 cm³/mol. The molecule has 0 spiro atoms. The third-order valence-electron chi connectivity index (χ3n) is 2.86. The van der Waals surface area contributed by atoms with Crippen LogP contribution in [-0.2, 0) is 4.74 Å². The smallest absolute Gasteiger partial charge is 0.410 e. The van der Waals surface area contributed by atoms with Gasteiger partial charge in [0.25, 0.3) is 0 Å². The molecule has 4 heteroatoms. The zero-order valence-corrected chi connectivity index (χ0v) is 10.6. The molecule has 0 saturated heterocycles. The molecule has 1 rings (SSSR count). The van der Waals surface area contributed by atoms with Crippen molar-refractivity contribution in [3.8, 4) is 0 Å². The van der Waals surface area contributed by atoms with Crippen molar-refractivity contribution in [2.45, 2.75) is 64.3 Å². The summed E-state index contributed by atoms with van der Waals surface area (Å²) in [6.07, 6.45) is 1.57. The van der Waals surface area contributed by atoms with Crippen LogP contribution in [0.2, 0.25) is 0 Å². The Morgan fingerprint density at radius 2 is 1.75 bits per heavy atom. The quantitative estimate of drug-likeness (QED) is 0.694. The van der Waals surface area contributed by atoms with Gasteiger partial charge in [0.05, 0.1) is 0 Å². The summed E-state index contributed by atoms with van der Waals surface area (Å²) < 4.78 is 18.2. The van der Waals surface area contributed by atoms with E-state index in [2.05, 4.69) is 0 Å². The molecule has 1 aliphatic carbocycles. The van der Waals surface area contributed by atoms with Gasteiger partial charge in [0.1, 0.15) is 11.8 Å². The van der Waals surface area contributed by atoms with Crippen molar-refractivity contribution in [1.29, 1.82) is 0 Å². The van der Waals surface area contributed by atoms with E-state index in [4.69, 9.17) is 4.74 Å². The van der Waals surface area contributed by atoms with Gasteiger partial charge in [-0.1, -0.05) is 0 Å². The summed E-state index contributed by atoms with van der Waals surface area (Å²) in [5.74, 6) is 0. The second-order valence-corrected chi connectivity index (χ2v) is 5.50. The summed E-state index contributed by atoms with van der Waals surface area (Å²) in [5, 5.41) is 0. The Labute approximate surface area is 96.9 Å². The van der Waals surface area contributed by atoms with Gasteiger partial charge in [0.15, 0.2) is 0 Å². The fourth-order valence-electron chi connectivity index (χ4n) is 1.91. The number of ether oxygens (including phenoxy) is 1. The van der Waals surface area contributed by atoms with E-state index in [1.165, 1.54) is 0 Å². The predicted octanol–water partition coefficient (Wildman–Crippen LogP) is 3.13. The van der Waals surface area contributed by atoms with Crippen LogP contribution in [0.1, 0.15) is 46.5 Å². The van der Waals surface area contributed by atoms with E-state index >= 15 is 0 Å². The van der Waals surface area contributed by atoms with Gasteiger partial charge in [-0.2, -0.15) is 0 Å². The van der Waals surface area contributed by atoms with Crippen molar-refractivity contribution in [3.63, 3.8) is 0 Å². The Balaban J connectivity index is 2.45. The van der Waals surface area contributed by atoms with Gasteiger partial charge in [-0.25, -0.2) is 9.18 Å². The number of halogens is 1. The van der Waals surface area contributed by atoms with Crippen molar-refractivity contribution in [2.24, 2.45) is 0 Å². The van der Waals surface area contributed by atoms with E-state index in [-0.39, 0.29) is 12.1 Å². The first-order valence-corrected chi connectivity index (χ1v) is 5.89. The molecule has 0 aromatic rings. The number of hydrogen-bond donors (Lipinski definition) is 0. The van der Waals surface area contributed by atoms with E-state index in [0.29, 0.717) is 12.8 Å². The summed E-state index contributed by atoms with van der Waals surface area (Å²) in [5.41, 5.74) is -0.470. The van der Waals surface area contributed by atoms with Gasteiger partial charge in [0.2, 0.25) is 0 Å². The topological polar surface area (TPSA) is 29.5 Å². The number of carbonyl (C=O) groups excluding carboxylic acids is 1. The number of alkyl halides is 1. The number of hydrogen-bond acceptors (Lipinski definition) is 2. The largest absolute Gasteiger partial charge is 0.444 e. The van der Waals surface area contributed by atoms with Crippen LogP contribution >= 0.6 is 0 Å². The second kappa shape index (κ2) is 5.02. The fraction of sp³-hybridized carbons (Fsp3) is 0.917. The minimum atomic E-state index is -0.691. The molecule has 0 unspecified atom stereocenters. The maximum Gasteiger partial charge on any atom is 0.410 e. The monoisotopic (exact) mass is 231 g/mol. The zero-order chi connectivity index (χ0) is 12.3. The molecule has 0 aliphatic heterocycles. The van der Waals surface area contributed by atoms with Gasteiger partial charge in [-0.15, -0.1) is 0 Å². The molecule has 94 valence electrons. The molecule has 0 aromatic carbocycles. The molecule has 0 N–H and O–H groups in total. The maximum absolute atomic E-state index is 13.0. The Kier molecular flexibility index (Phi) is 4.16. The Bertz CT molecular complexity index is 242. The minimum absolute atomic E-state index is 0.127. The summed E-state index contributed by atoms with van der Waals surface area (Å²) in [7, 11) is 1.73. The van der Waals surface area contributed by atoms with Crippen LogP contribution in [0.5, 0.6) is 0 Å². The van der Waals surface area contributed by atoms with Crippen LogP contribution in [0.25, 0.3) is 0 Å². The van der Waals surface area contributed by atoms with Gasteiger partial charge >= 0.3 is 6.09 Å². The van der Waals surface area contributed by atoms with E-state index in [9.17, 15) is 9.18 Å². The summed E-state index contributed by atoms with van der Waals surface area (Å²) in [6.45, 7) is 5.53. The standard InChI is InChI=1S/C12H22FNO2/c1-12(2,3)16-11(15)14(4)10-7-5-9(13)6-8-10/h9-10H,5-8H2,1-4H3. The van der Waals surface area contributed by atoms with Crippen LogP contribution in [0.3, 0.4) is 0 Å². The van der Waals surface area contributed by atoms with Crippen LogP contribution in [-0.4, -0.2) is 35.9 Å². The summed E-state index contributed by atoms with van der Waals surface area (Å²) in [6, 6.07) is 0.127. The molecule has 0 bridgehead atoms. The molecule has 0 aromatic heterocycles. The van der Waals surface area contributed by atoms with E-state index in [1.54, 1.807) is 11.9 Å². The third kappa shape index (κ3) is 3.99. The van der Waals surface area contributed by atoms with Gasteiger partial charge in [0, 0.05) is 13.1 Å². The van der Waals surface area contributed by atoms with E-state index < -0.39 is 11.8 Å². The lowest BCUT2D eigenvalue weighted by atomic mass is 9.93. The molecule has 3 nitrogen and oxygen atoms in total. The summed E-state index contributed by atoms with van der Waals surface area (Å²) in [4.78, 5) is 13.4. The van der Waals surface area contributed by atoms with Crippen molar-refractivity contribution in [2.75, 3.05) is 7.05 Å². The Hall–Kier alpha value is -0.800. The average Bonchev–Trinajstić information content (AvgIpc) is 2.15. The highest BCUT2D eigenvalue weighted by atomic mass is 19.1. The molecule has 16 heavy (non-hydrogen) atoms. The first kappa shape index (κ1) is 13.3. The average molecular weight is 231 g/mol. The SMILES string of the molecule is CN(C(=O)OC(C)(C)C)C1CCC(F)CC1. The number of rotatable bonds is 1. The van der Waals surface area contributed by atoms with Crippen LogP contribution in [0, 0.1) is 0 Å². The molecule has 0 heterocycles. The molecule has 0 atom stereocenters. The highest BCUT2D eigenvalue weighted by Gasteiger charge is 2.28. The lowest BCUT2D eigenvalue weighted by Crippen LogP contribution is -2.42. The Morgan fingerprint density at radius 1 is 1.25 bits per heavy atom. The second-order valence-electron chi connectivity index (χ2n) is 5.50. The first-order valence-electron chi connectivity index (χ1n) is 5.89. The third-order valence-corrected chi connectivity index (χ3v) is 2.86. The molecular weight excluding hydrogens is 209 g/mol. The fourth-order valence-corrected chi connectivity index (χ4v) is 1.91. The highest BCUT2D eigenvalue weighted by molar-refractivity contribution is 5.68. The van der Waals surface area contributed by atoms with Crippen LogP contribution in [0.15, 0.2) is 0 Å². The molecule has 1 aliphatic rings. The number of nitrogens with zero attached hydrogens (tertiary/aromatic N) is 1. The normalized spacial score (nSPS) is 26.3.